The molecule has 0 aliphatic carbocycles. The summed E-state index contributed by atoms with van der Waals surface area (Å²) >= 11 is 0. The minimum Gasteiger partial charge on any atom is -0.465 e. The molecule has 0 atom stereocenters. The topological polar surface area (TPSA) is 81.4 Å². The minimum absolute atomic E-state index is 0.0920. The van der Waals surface area contributed by atoms with Gasteiger partial charge >= 0.3 is 5.97 Å². The first-order valence-electron chi connectivity index (χ1n) is 8.16. The van der Waals surface area contributed by atoms with E-state index in [0.29, 0.717) is 23.6 Å². The number of benzene rings is 2. The van der Waals surface area contributed by atoms with Gasteiger partial charge in [-0.15, -0.1) is 0 Å². The maximum Gasteiger partial charge on any atom is 0.337 e. The van der Waals surface area contributed by atoms with Gasteiger partial charge in [0, 0.05) is 11.3 Å². The summed E-state index contributed by atoms with van der Waals surface area (Å²) in [6.07, 6.45) is 2.08. The van der Waals surface area contributed by atoms with Crippen molar-refractivity contribution in [2.45, 2.75) is 13.3 Å². The summed E-state index contributed by atoms with van der Waals surface area (Å²) in [7, 11) is 1.31. The third-order valence-corrected chi connectivity index (χ3v) is 3.91. The maximum atomic E-state index is 12.5. The van der Waals surface area contributed by atoms with Crippen molar-refractivity contribution >= 4 is 17.6 Å². The molecule has 0 aliphatic rings. The number of nitrogens with one attached hydrogen (secondary N) is 1. The number of aromatic nitrogens is 1. The predicted octanol–water partition coefficient (Wildman–Crippen LogP) is 3.94. The van der Waals surface area contributed by atoms with E-state index in [0.717, 1.165) is 11.1 Å². The van der Waals surface area contributed by atoms with Crippen molar-refractivity contribution in [1.29, 1.82) is 0 Å². The minimum atomic E-state index is -0.464. The standard InChI is InChI=1S/C20H18N2O4/c1-3-13-9-10-15(20(24)25-2)11-16(13)22-18(23)17-12-21-19(26-17)14-7-5-4-6-8-14/h4-12H,3H2,1-2H3,(H,22,23). The van der Waals surface area contributed by atoms with Gasteiger partial charge in [0.25, 0.3) is 5.91 Å². The van der Waals surface area contributed by atoms with E-state index in [-0.39, 0.29) is 5.76 Å². The highest BCUT2D eigenvalue weighted by Gasteiger charge is 2.16. The monoisotopic (exact) mass is 350 g/mol. The molecule has 1 N–H and O–H groups in total. The molecule has 6 heteroatoms. The molecule has 0 bridgehead atoms. The molecule has 26 heavy (non-hydrogen) atoms. The molecule has 0 saturated carbocycles. The van der Waals surface area contributed by atoms with Gasteiger partial charge in [0.15, 0.2) is 0 Å². The number of ether oxygens (including phenoxy) is 1. The smallest absolute Gasteiger partial charge is 0.337 e. The molecule has 132 valence electrons. The highest BCUT2D eigenvalue weighted by Crippen LogP contribution is 2.22. The van der Waals surface area contributed by atoms with Gasteiger partial charge in [0.05, 0.1) is 18.9 Å². The third-order valence-electron chi connectivity index (χ3n) is 3.91. The van der Waals surface area contributed by atoms with Crippen LogP contribution < -0.4 is 5.32 Å². The summed E-state index contributed by atoms with van der Waals surface area (Å²) in [5, 5.41) is 2.78. The molecule has 0 saturated heterocycles. The molecule has 6 nitrogen and oxygen atoms in total. The second-order valence-corrected chi connectivity index (χ2v) is 5.57. The number of amides is 1. The first-order chi connectivity index (χ1) is 12.6. The van der Waals surface area contributed by atoms with Crippen LogP contribution in [0.1, 0.15) is 33.4 Å². The zero-order chi connectivity index (χ0) is 18.5. The van der Waals surface area contributed by atoms with Crippen molar-refractivity contribution in [3.8, 4) is 11.5 Å². The van der Waals surface area contributed by atoms with Gasteiger partial charge in [-0.3, -0.25) is 4.79 Å². The first-order valence-corrected chi connectivity index (χ1v) is 8.16. The zero-order valence-corrected chi connectivity index (χ0v) is 14.5. The summed E-state index contributed by atoms with van der Waals surface area (Å²) in [5.41, 5.74) is 2.59. The van der Waals surface area contributed by atoms with E-state index in [1.54, 1.807) is 18.2 Å². The number of carbonyl (C=O) groups excluding carboxylic acids is 2. The number of aryl methyl sites for hydroxylation is 1. The lowest BCUT2D eigenvalue weighted by atomic mass is 10.1. The average Bonchev–Trinajstić information content (AvgIpc) is 3.18. The van der Waals surface area contributed by atoms with E-state index in [1.807, 2.05) is 37.3 Å². The lowest BCUT2D eigenvalue weighted by molar-refractivity contribution is 0.0600. The quantitative estimate of drug-likeness (QED) is 0.705. The number of methoxy groups -OCH3 is 1. The Kier molecular flexibility index (Phi) is 5.12. The number of carbonyl (C=O) groups is 2. The second kappa shape index (κ2) is 7.65. The molecule has 1 amide bonds. The van der Waals surface area contributed by atoms with E-state index in [4.69, 9.17) is 9.15 Å². The Balaban J connectivity index is 1.84. The Bertz CT molecular complexity index is 932. The molecular weight excluding hydrogens is 332 g/mol. The van der Waals surface area contributed by atoms with Crippen LogP contribution in [0.15, 0.2) is 59.1 Å². The zero-order valence-electron chi connectivity index (χ0n) is 14.5. The van der Waals surface area contributed by atoms with Gasteiger partial charge < -0.3 is 14.5 Å². The van der Waals surface area contributed by atoms with Crippen LogP contribution in [0.5, 0.6) is 0 Å². The summed E-state index contributed by atoms with van der Waals surface area (Å²) in [6, 6.07) is 14.4. The van der Waals surface area contributed by atoms with Crippen molar-refractivity contribution in [2.24, 2.45) is 0 Å². The Morgan fingerprint density at radius 3 is 2.62 bits per heavy atom. The third kappa shape index (κ3) is 3.64. The molecule has 1 aromatic heterocycles. The van der Waals surface area contributed by atoms with Gasteiger partial charge in [0.1, 0.15) is 0 Å². The fourth-order valence-electron chi connectivity index (χ4n) is 2.52. The van der Waals surface area contributed by atoms with Crippen LogP contribution >= 0.6 is 0 Å². The van der Waals surface area contributed by atoms with E-state index in [2.05, 4.69) is 10.3 Å². The van der Waals surface area contributed by atoms with Crippen LogP contribution in [0, 0.1) is 0 Å². The van der Waals surface area contributed by atoms with Crippen molar-refractivity contribution in [3.63, 3.8) is 0 Å². The van der Waals surface area contributed by atoms with Crippen molar-refractivity contribution < 1.29 is 18.7 Å². The van der Waals surface area contributed by atoms with E-state index < -0.39 is 11.9 Å². The normalized spacial score (nSPS) is 10.4. The number of esters is 1. The summed E-state index contributed by atoms with van der Waals surface area (Å²) in [5.74, 6) is -0.435. The van der Waals surface area contributed by atoms with Gasteiger partial charge in [-0.1, -0.05) is 31.2 Å². The maximum absolute atomic E-state index is 12.5. The average molecular weight is 350 g/mol. The lowest BCUT2D eigenvalue weighted by Crippen LogP contribution is -2.13. The van der Waals surface area contributed by atoms with Crippen molar-refractivity contribution in [3.05, 3.63) is 71.6 Å². The summed E-state index contributed by atoms with van der Waals surface area (Å²) in [6.45, 7) is 1.96. The molecule has 2 aromatic carbocycles. The highest BCUT2D eigenvalue weighted by molar-refractivity contribution is 6.03. The van der Waals surface area contributed by atoms with Crippen molar-refractivity contribution in [2.75, 3.05) is 12.4 Å². The van der Waals surface area contributed by atoms with E-state index in [9.17, 15) is 9.59 Å². The Morgan fingerprint density at radius 2 is 1.92 bits per heavy atom. The Hall–Kier alpha value is -3.41. The molecule has 3 rings (SSSR count). The van der Waals surface area contributed by atoms with Gasteiger partial charge in [-0.2, -0.15) is 0 Å². The molecule has 0 spiro atoms. The van der Waals surface area contributed by atoms with Crippen molar-refractivity contribution in [1.82, 2.24) is 4.98 Å². The molecule has 0 fully saturated rings. The van der Waals surface area contributed by atoms with Crippen LogP contribution in [0.25, 0.3) is 11.5 Å². The molecule has 0 aliphatic heterocycles. The predicted molar refractivity (Wildman–Crippen MR) is 97.1 cm³/mol. The first kappa shape index (κ1) is 17.4. The molecule has 0 radical (unpaired) electrons. The fraction of sp³-hybridized carbons (Fsp3) is 0.150. The highest BCUT2D eigenvalue weighted by atomic mass is 16.5. The number of oxazole rings is 1. The second-order valence-electron chi connectivity index (χ2n) is 5.57. The summed E-state index contributed by atoms with van der Waals surface area (Å²) in [4.78, 5) is 28.4. The van der Waals surface area contributed by atoms with Gasteiger partial charge in [0.2, 0.25) is 11.7 Å². The molecule has 0 unspecified atom stereocenters. The molecular formula is C20H18N2O4. The van der Waals surface area contributed by atoms with Gasteiger partial charge in [-0.25, -0.2) is 9.78 Å². The molecule has 1 heterocycles. The number of rotatable bonds is 5. The van der Waals surface area contributed by atoms with E-state index >= 15 is 0 Å². The van der Waals surface area contributed by atoms with Crippen LogP contribution in [0.4, 0.5) is 5.69 Å². The number of hydrogen-bond acceptors (Lipinski definition) is 5. The largest absolute Gasteiger partial charge is 0.465 e. The SMILES string of the molecule is CCc1ccc(C(=O)OC)cc1NC(=O)c1cnc(-c2ccccc2)o1. The summed E-state index contributed by atoms with van der Waals surface area (Å²) < 4.78 is 10.3. The number of anilines is 1. The van der Waals surface area contributed by atoms with Crippen LogP contribution in [-0.4, -0.2) is 24.0 Å². The van der Waals surface area contributed by atoms with Crippen LogP contribution in [0.3, 0.4) is 0 Å². The number of nitrogens with zero attached hydrogens (tertiary/aromatic N) is 1. The van der Waals surface area contributed by atoms with E-state index in [1.165, 1.54) is 13.3 Å². The Labute approximate surface area is 150 Å². The van der Waals surface area contributed by atoms with Crippen LogP contribution in [-0.2, 0) is 11.2 Å². The Morgan fingerprint density at radius 1 is 1.15 bits per heavy atom. The van der Waals surface area contributed by atoms with Gasteiger partial charge in [-0.05, 0) is 36.2 Å². The van der Waals surface area contributed by atoms with Crippen LogP contribution in [0.2, 0.25) is 0 Å². The lowest BCUT2D eigenvalue weighted by Gasteiger charge is -2.10. The fourth-order valence-corrected chi connectivity index (χ4v) is 2.52. The number of hydrogen-bond donors (Lipinski definition) is 1. The molecule has 3 aromatic rings.